The molecule has 0 bridgehead atoms. The summed E-state index contributed by atoms with van der Waals surface area (Å²) in [5.41, 5.74) is 2.00. The molecule has 0 saturated carbocycles. The van der Waals surface area contributed by atoms with E-state index in [1.807, 2.05) is 6.07 Å². The smallest absolute Gasteiger partial charge is 0.269 e. The summed E-state index contributed by atoms with van der Waals surface area (Å²) in [5, 5.41) is 10.9. The van der Waals surface area contributed by atoms with E-state index >= 15 is 0 Å². The third-order valence-electron chi connectivity index (χ3n) is 3.79. The Hall–Kier alpha value is -1.93. The number of hydroxylamine groups is 1. The van der Waals surface area contributed by atoms with Gasteiger partial charge in [-0.15, -0.1) is 11.8 Å². The number of unbranched alkanes of at least 4 members (excludes halogenated alkanes) is 3. The van der Waals surface area contributed by atoms with Crippen LogP contribution >= 0.6 is 11.8 Å². The van der Waals surface area contributed by atoms with E-state index in [-0.39, 0.29) is 17.6 Å². The molecule has 144 valence electrons. The molecule has 0 atom stereocenters. The van der Waals surface area contributed by atoms with Crippen LogP contribution in [0.5, 0.6) is 0 Å². The highest BCUT2D eigenvalue weighted by Gasteiger charge is 2.07. The average Bonchev–Trinajstić information content (AvgIpc) is 2.67. The van der Waals surface area contributed by atoms with E-state index in [1.165, 1.54) is 0 Å². The Morgan fingerprint density at radius 3 is 2.46 bits per heavy atom. The molecule has 0 aliphatic heterocycles. The number of pyridine rings is 1. The number of carbonyl (C=O) groups excluding carboxylic acids is 3. The van der Waals surface area contributed by atoms with Crippen molar-refractivity contribution >= 4 is 29.4 Å². The number of nitrogens with zero attached hydrogens (tertiary/aromatic N) is 1. The van der Waals surface area contributed by atoms with E-state index < -0.39 is 0 Å². The van der Waals surface area contributed by atoms with E-state index in [0.29, 0.717) is 25.0 Å². The molecule has 0 unspecified atom stereocenters. The molecule has 1 aromatic rings. The highest BCUT2D eigenvalue weighted by molar-refractivity contribution is 7.99. The molecule has 1 rings (SSSR count). The molecule has 3 N–H and O–H groups in total. The number of ketones is 1. The minimum absolute atomic E-state index is 0.209. The third kappa shape index (κ3) is 9.53. The number of thioether (sulfide) groups is 1. The van der Waals surface area contributed by atoms with Gasteiger partial charge in [0.2, 0.25) is 5.91 Å². The first-order valence-corrected chi connectivity index (χ1v) is 9.81. The van der Waals surface area contributed by atoms with Gasteiger partial charge in [-0.2, -0.15) is 0 Å². The molecule has 7 nitrogen and oxygen atoms in total. The van der Waals surface area contributed by atoms with Crippen LogP contribution < -0.4 is 10.8 Å². The van der Waals surface area contributed by atoms with Gasteiger partial charge in [0, 0.05) is 37.4 Å². The Morgan fingerprint density at radius 2 is 1.77 bits per heavy atom. The zero-order chi connectivity index (χ0) is 19.2. The SMILES string of the molecule is CNC(=O)c1cc(SCCCC(=O)CCCCCCC(=O)NO)ccn1. The first-order chi connectivity index (χ1) is 12.6. The minimum Gasteiger partial charge on any atom is -0.354 e. The fourth-order valence-corrected chi connectivity index (χ4v) is 3.23. The largest absolute Gasteiger partial charge is 0.354 e. The summed E-state index contributed by atoms with van der Waals surface area (Å²) in [6.07, 6.45) is 7.23. The quantitative estimate of drug-likeness (QED) is 0.210. The Balaban J connectivity index is 2.09. The molecular weight excluding hydrogens is 354 g/mol. The monoisotopic (exact) mass is 381 g/mol. The van der Waals surface area contributed by atoms with Gasteiger partial charge < -0.3 is 5.32 Å². The third-order valence-corrected chi connectivity index (χ3v) is 4.87. The van der Waals surface area contributed by atoms with E-state index in [2.05, 4.69) is 10.3 Å². The lowest BCUT2D eigenvalue weighted by Gasteiger charge is -2.04. The predicted octanol–water partition coefficient (Wildman–Crippen LogP) is 2.73. The van der Waals surface area contributed by atoms with Gasteiger partial charge in [0.05, 0.1) is 0 Å². The van der Waals surface area contributed by atoms with Crippen molar-refractivity contribution in [1.29, 1.82) is 0 Å². The molecule has 0 aromatic carbocycles. The summed E-state index contributed by atoms with van der Waals surface area (Å²) in [6, 6.07) is 3.61. The van der Waals surface area contributed by atoms with Crippen molar-refractivity contribution in [3.63, 3.8) is 0 Å². The molecule has 2 amide bonds. The summed E-state index contributed by atoms with van der Waals surface area (Å²) in [6.45, 7) is 0. The van der Waals surface area contributed by atoms with Crippen LogP contribution in [0.15, 0.2) is 23.2 Å². The van der Waals surface area contributed by atoms with Crippen molar-refractivity contribution in [3.05, 3.63) is 24.0 Å². The van der Waals surface area contributed by atoms with Crippen LogP contribution in [0, 0.1) is 0 Å². The number of carbonyl (C=O) groups is 3. The number of hydrogen-bond acceptors (Lipinski definition) is 6. The molecule has 0 fully saturated rings. The normalized spacial score (nSPS) is 10.4. The second kappa shape index (κ2) is 13.3. The van der Waals surface area contributed by atoms with Gasteiger partial charge in [0.1, 0.15) is 11.5 Å². The van der Waals surface area contributed by atoms with Crippen LogP contribution in [0.3, 0.4) is 0 Å². The maximum absolute atomic E-state index is 11.9. The van der Waals surface area contributed by atoms with Gasteiger partial charge in [-0.3, -0.25) is 24.6 Å². The molecule has 8 heteroatoms. The zero-order valence-corrected chi connectivity index (χ0v) is 15.9. The van der Waals surface area contributed by atoms with Crippen molar-refractivity contribution in [2.45, 2.75) is 56.3 Å². The topological polar surface area (TPSA) is 108 Å². The Morgan fingerprint density at radius 1 is 1.08 bits per heavy atom. The molecule has 26 heavy (non-hydrogen) atoms. The molecule has 0 aliphatic carbocycles. The Kier molecular flexibility index (Phi) is 11.3. The van der Waals surface area contributed by atoms with Gasteiger partial charge in [0.25, 0.3) is 5.91 Å². The van der Waals surface area contributed by atoms with Crippen molar-refractivity contribution in [2.75, 3.05) is 12.8 Å². The first kappa shape index (κ1) is 22.1. The lowest BCUT2D eigenvalue weighted by Crippen LogP contribution is -2.19. The fraction of sp³-hybridized carbons (Fsp3) is 0.556. The van der Waals surface area contributed by atoms with Gasteiger partial charge in [-0.25, -0.2) is 5.48 Å². The number of amides is 2. The Labute approximate surface area is 158 Å². The van der Waals surface area contributed by atoms with E-state index in [1.54, 1.807) is 36.6 Å². The zero-order valence-electron chi connectivity index (χ0n) is 15.1. The number of aromatic nitrogens is 1. The molecule has 0 radical (unpaired) electrons. The number of hydrogen-bond donors (Lipinski definition) is 3. The molecule has 1 aromatic heterocycles. The number of Topliss-reactive ketones (excluding diaryl/α,β-unsaturated/α-hetero) is 1. The van der Waals surface area contributed by atoms with Crippen LogP contribution in [0.2, 0.25) is 0 Å². The van der Waals surface area contributed by atoms with Crippen LogP contribution in [0.4, 0.5) is 0 Å². The second-order valence-electron chi connectivity index (χ2n) is 5.90. The van der Waals surface area contributed by atoms with Crippen LogP contribution in [0.25, 0.3) is 0 Å². The standard InChI is InChI=1S/C18H27N3O4S/c1-19-18(24)16-13-15(10-11-20-16)26-12-6-8-14(22)7-4-2-3-5-9-17(23)21-25/h10-11,13,25H,2-9,12H2,1H3,(H,19,24)(H,21,23). The molecule has 1 heterocycles. The molecular formula is C18H27N3O4S. The van der Waals surface area contributed by atoms with Crippen LogP contribution in [-0.4, -0.2) is 40.6 Å². The van der Waals surface area contributed by atoms with Crippen LogP contribution in [-0.2, 0) is 9.59 Å². The highest BCUT2D eigenvalue weighted by Crippen LogP contribution is 2.20. The summed E-state index contributed by atoms with van der Waals surface area (Å²) in [4.78, 5) is 39.2. The number of rotatable bonds is 13. The van der Waals surface area contributed by atoms with Crippen molar-refractivity contribution in [2.24, 2.45) is 0 Å². The van der Waals surface area contributed by atoms with Gasteiger partial charge in [-0.05, 0) is 37.1 Å². The fourth-order valence-electron chi connectivity index (χ4n) is 2.35. The average molecular weight is 381 g/mol. The maximum atomic E-state index is 11.9. The Bertz CT molecular complexity index is 596. The minimum atomic E-state index is -0.366. The van der Waals surface area contributed by atoms with Crippen molar-refractivity contribution < 1.29 is 19.6 Å². The van der Waals surface area contributed by atoms with Gasteiger partial charge in [-0.1, -0.05) is 12.8 Å². The van der Waals surface area contributed by atoms with Crippen molar-refractivity contribution in [3.8, 4) is 0 Å². The molecule has 0 aliphatic rings. The lowest BCUT2D eigenvalue weighted by atomic mass is 10.1. The van der Waals surface area contributed by atoms with E-state index in [0.717, 1.165) is 42.8 Å². The maximum Gasteiger partial charge on any atom is 0.269 e. The lowest BCUT2D eigenvalue weighted by molar-refractivity contribution is -0.129. The summed E-state index contributed by atoms with van der Waals surface area (Å²) < 4.78 is 0. The summed E-state index contributed by atoms with van der Waals surface area (Å²) >= 11 is 1.61. The van der Waals surface area contributed by atoms with Crippen LogP contribution in [0.1, 0.15) is 61.9 Å². The van der Waals surface area contributed by atoms with E-state index in [9.17, 15) is 14.4 Å². The summed E-state index contributed by atoms with van der Waals surface area (Å²) in [7, 11) is 1.57. The molecule has 0 saturated heterocycles. The summed E-state index contributed by atoms with van der Waals surface area (Å²) in [5.74, 6) is 0.508. The second-order valence-corrected chi connectivity index (χ2v) is 7.06. The predicted molar refractivity (Wildman–Crippen MR) is 100 cm³/mol. The van der Waals surface area contributed by atoms with E-state index in [4.69, 9.17) is 5.21 Å². The van der Waals surface area contributed by atoms with Gasteiger partial charge >= 0.3 is 0 Å². The number of nitrogens with one attached hydrogen (secondary N) is 2. The molecule has 0 spiro atoms. The van der Waals surface area contributed by atoms with Gasteiger partial charge in [0.15, 0.2) is 0 Å². The van der Waals surface area contributed by atoms with Crippen molar-refractivity contribution in [1.82, 2.24) is 15.8 Å². The first-order valence-electron chi connectivity index (χ1n) is 8.82. The highest BCUT2D eigenvalue weighted by atomic mass is 32.2.